The molecule has 2 rings (SSSR count). The number of aliphatic hydroxyl groups is 1. The summed E-state index contributed by atoms with van der Waals surface area (Å²) >= 11 is 0. The van der Waals surface area contributed by atoms with Gasteiger partial charge >= 0.3 is 0 Å². The van der Waals surface area contributed by atoms with Crippen LogP contribution in [0.25, 0.3) is 0 Å². The summed E-state index contributed by atoms with van der Waals surface area (Å²) in [5.41, 5.74) is 0.959. The molecule has 0 aromatic carbocycles. The van der Waals surface area contributed by atoms with E-state index in [4.69, 9.17) is 4.43 Å². The summed E-state index contributed by atoms with van der Waals surface area (Å²) in [6.07, 6.45) is 10.2. The minimum atomic E-state index is -1.75. The molecular formula is C24H42O2Si. The van der Waals surface area contributed by atoms with Crippen molar-refractivity contribution < 1.29 is 9.53 Å². The Kier molecular flexibility index (Phi) is 6.78. The maximum absolute atomic E-state index is 9.84. The summed E-state index contributed by atoms with van der Waals surface area (Å²) in [5, 5.41) is 10.1. The zero-order chi connectivity index (χ0) is 20.5. The van der Waals surface area contributed by atoms with Crippen LogP contribution in [0, 0.1) is 23.2 Å². The Labute approximate surface area is 169 Å². The third-order valence-electron chi connectivity index (χ3n) is 7.21. The number of fused-ring (bicyclic) bond motifs is 1. The third kappa shape index (κ3) is 5.49. The Morgan fingerprint density at radius 2 is 1.93 bits per heavy atom. The Hall–Kier alpha value is -0.563. The Morgan fingerprint density at radius 1 is 1.26 bits per heavy atom. The predicted octanol–water partition coefficient (Wildman–Crippen LogP) is 6.46. The van der Waals surface area contributed by atoms with E-state index in [1.165, 1.54) is 24.8 Å². The van der Waals surface area contributed by atoms with Gasteiger partial charge in [-0.05, 0) is 70.0 Å². The normalized spacial score (nSPS) is 29.0. The molecule has 0 unspecified atom stereocenters. The molecule has 0 aromatic rings. The molecule has 0 heterocycles. The molecule has 0 bridgehead atoms. The molecule has 154 valence electrons. The molecule has 0 saturated heterocycles. The standard InChI is InChI=1S/C24H42O2Si/c1-22(2,3)27(7,8)26-21-16-15-19(24(6)18-12-14-20(21)24)13-10-9-11-17-23(4,5)25/h15,20-21,25H,9,11-12,14,16-18H2,1-8H3/t20-,21-,24-/m0/s1. The molecule has 3 atom stereocenters. The first kappa shape index (κ1) is 22.7. The van der Waals surface area contributed by atoms with Crippen molar-refractivity contribution >= 4 is 8.32 Å². The predicted molar refractivity (Wildman–Crippen MR) is 118 cm³/mol. The molecule has 1 N–H and O–H groups in total. The second-order valence-electron chi connectivity index (χ2n) is 11.2. The molecule has 0 amide bonds. The van der Waals surface area contributed by atoms with Crippen LogP contribution < -0.4 is 0 Å². The highest BCUT2D eigenvalue weighted by Gasteiger charge is 2.50. The van der Waals surface area contributed by atoms with E-state index in [-0.39, 0.29) is 10.5 Å². The van der Waals surface area contributed by atoms with Gasteiger partial charge < -0.3 is 9.53 Å². The first-order valence-corrected chi connectivity index (χ1v) is 13.8. The highest BCUT2D eigenvalue weighted by molar-refractivity contribution is 6.74. The second-order valence-corrected chi connectivity index (χ2v) is 15.9. The van der Waals surface area contributed by atoms with Crippen molar-refractivity contribution in [2.75, 3.05) is 0 Å². The summed E-state index contributed by atoms with van der Waals surface area (Å²) < 4.78 is 6.87. The SMILES string of the molecule is CC(C)(O)CCCC#CC1=CC[C@H](O[Si](C)(C)C(C)(C)C)[C@@H]2CCC[C@@]12C. The largest absolute Gasteiger partial charge is 0.413 e. The number of hydrogen-bond donors (Lipinski definition) is 1. The van der Waals surface area contributed by atoms with E-state index >= 15 is 0 Å². The van der Waals surface area contributed by atoms with Crippen molar-refractivity contribution in [2.45, 2.75) is 116 Å². The van der Waals surface area contributed by atoms with Crippen molar-refractivity contribution in [3.8, 4) is 11.8 Å². The van der Waals surface area contributed by atoms with E-state index in [0.717, 1.165) is 25.7 Å². The highest BCUT2D eigenvalue weighted by Crippen LogP contribution is 2.54. The molecule has 0 radical (unpaired) electrons. The van der Waals surface area contributed by atoms with Gasteiger partial charge in [-0.25, -0.2) is 0 Å². The van der Waals surface area contributed by atoms with Gasteiger partial charge in [0.1, 0.15) is 0 Å². The quantitative estimate of drug-likeness (QED) is 0.332. The number of hydrogen-bond acceptors (Lipinski definition) is 2. The maximum atomic E-state index is 9.84. The molecule has 3 heteroatoms. The molecule has 2 aliphatic carbocycles. The van der Waals surface area contributed by atoms with E-state index in [1.807, 2.05) is 13.8 Å². The van der Waals surface area contributed by atoms with E-state index in [0.29, 0.717) is 12.0 Å². The minimum absolute atomic E-state index is 0.189. The smallest absolute Gasteiger partial charge is 0.192 e. The molecule has 0 aliphatic heterocycles. The topological polar surface area (TPSA) is 29.5 Å². The van der Waals surface area contributed by atoms with Crippen molar-refractivity contribution in [3.05, 3.63) is 11.6 Å². The van der Waals surface area contributed by atoms with Gasteiger partial charge in [0, 0.05) is 17.4 Å². The van der Waals surface area contributed by atoms with Gasteiger partial charge in [-0.15, -0.1) is 0 Å². The summed E-state index contributed by atoms with van der Waals surface area (Å²) in [5.74, 6) is 7.52. The van der Waals surface area contributed by atoms with Crippen LogP contribution in [-0.2, 0) is 4.43 Å². The van der Waals surface area contributed by atoms with Crippen molar-refractivity contribution in [2.24, 2.45) is 11.3 Å². The molecule has 1 fully saturated rings. The van der Waals surface area contributed by atoms with Gasteiger partial charge in [-0.2, -0.15) is 0 Å². The fourth-order valence-corrected chi connectivity index (χ4v) is 5.77. The van der Waals surface area contributed by atoms with Crippen LogP contribution in [0.5, 0.6) is 0 Å². The lowest BCUT2D eigenvalue weighted by molar-refractivity contribution is 0.0641. The fourth-order valence-electron chi connectivity index (χ4n) is 4.40. The van der Waals surface area contributed by atoms with Crippen molar-refractivity contribution in [3.63, 3.8) is 0 Å². The molecule has 2 nitrogen and oxygen atoms in total. The van der Waals surface area contributed by atoms with Gasteiger partial charge in [-0.3, -0.25) is 0 Å². The molecule has 0 aromatic heterocycles. The number of allylic oxidation sites excluding steroid dienone is 1. The van der Waals surface area contributed by atoms with E-state index in [9.17, 15) is 5.11 Å². The van der Waals surface area contributed by atoms with Crippen LogP contribution in [0.2, 0.25) is 18.1 Å². The van der Waals surface area contributed by atoms with Gasteiger partial charge in [0.15, 0.2) is 8.32 Å². The molecule has 0 spiro atoms. The maximum Gasteiger partial charge on any atom is 0.192 e. The zero-order valence-electron chi connectivity index (χ0n) is 19.0. The van der Waals surface area contributed by atoms with Crippen LogP contribution in [0.4, 0.5) is 0 Å². The van der Waals surface area contributed by atoms with Crippen LogP contribution in [0.3, 0.4) is 0 Å². The average molecular weight is 391 g/mol. The monoisotopic (exact) mass is 390 g/mol. The van der Waals surface area contributed by atoms with Gasteiger partial charge in [0.05, 0.1) is 11.7 Å². The third-order valence-corrected chi connectivity index (χ3v) is 11.7. The molecule has 1 saturated carbocycles. The summed E-state index contributed by atoms with van der Waals surface area (Å²) in [7, 11) is -1.75. The fraction of sp³-hybridized carbons (Fsp3) is 0.833. The lowest BCUT2D eigenvalue weighted by Crippen LogP contribution is -2.48. The first-order valence-electron chi connectivity index (χ1n) is 10.9. The van der Waals surface area contributed by atoms with Gasteiger partial charge in [0.25, 0.3) is 0 Å². The Balaban J connectivity index is 2.09. The van der Waals surface area contributed by atoms with E-state index in [1.54, 1.807) is 0 Å². The van der Waals surface area contributed by atoms with Crippen LogP contribution in [-0.4, -0.2) is 25.1 Å². The van der Waals surface area contributed by atoms with E-state index in [2.05, 4.69) is 58.7 Å². The van der Waals surface area contributed by atoms with Crippen molar-refractivity contribution in [1.29, 1.82) is 0 Å². The lowest BCUT2D eigenvalue weighted by Gasteiger charge is -2.46. The summed E-state index contributed by atoms with van der Waals surface area (Å²) in [6.45, 7) is 17.9. The van der Waals surface area contributed by atoms with Gasteiger partial charge in [0.2, 0.25) is 0 Å². The lowest BCUT2D eigenvalue weighted by atomic mass is 9.67. The summed E-state index contributed by atoms with van der Waals surface area (Å²) in [6, 6.07) is 0. The Bertz CT molecular complexity index is 609. The van der Waals surface area contributed by atoms with Crippen LogP contribution >= 0.6 is 0 Å². The van der Waals surface area contributed by atoms with Crippen molar-refractivity contribution in [1.82, 2.24) is 0 Å². The molecule has 2 aliphatic rings. The molecule has 27 heavy (non-hydrogen) atoms. The Morgan fingerprint density at radius 3 is 2.52 bits per heavy atom. The minimum Gasteiger partial charge on any atom is -0.413 e. The van der Waals surface area contributed by atoms with Crippen LogP contribution in [0.15, 0.2) is 11.6 Å². The summed E-state index contributed by atoms with van der Waals surface area (Å²) in [4.78, 5) is 0. The zero-order valence-corrected chi connectivity index (χ0v) is 20.0. The average Bonchev–Trinajstić information content (AvgIpc) is 2.89. The number of rotatable bonds is 5. The second kappa shape index (κ2) is 8.05. The van der Waals surface area contributed by atoms with E-state index < -0.39 is 13.9 Å². The highest BCUT2D eigenvalue weighted by atomic mass is 28.4. The molecular weight excluding hydrogens is 348 g/mol. The van der Waals surface area contributed by atoms with Crippen LogP contribution in [0.1, 0.15) is 86.5 Å². The number of unbranched alkanes of at least 4 members (excludes halogenated alkanes) is 1. The first-order chi connectivity index (χ1) is 12.3. The van der Waals surface area contributed by atoms with Gasteiger partial charge in [-0.1, -0.05) is 52.0 Å².